The van der Waals surface area contributed by atoms with E-state index in [1.165, 1.54) is 6.92 Å². The molecule has 0 heterocycles. The number of thioether (sulfide) groups is 1. The molecule has 0 aromatic heterocycles. The number of nitrogens with one attached hydrogen (secondary N) is 1. The van der Waals surface area contributed by atoms with Gasteiger partial charge >= 0.3 is 11.9 Å². The largest absolute Gasteiger partial charge is 0.480 e. The minimum absolute atomic E-state index is 0.302. The molecule has 0 aliphatic rings. The monoisotopic (exact) mass is 340 g/mol. The van der Waals surface area contributed by atoms with E-state index < -0.39 is 28.8 Å². The lowest BCUT2D eigenvalue weighted by Gasteiger charge is -2.21. The number of carboxylic acids is 2. The van der Waals surface area contributed by atoms with Gasteiger partial charge in [0.05, 0.1) is 0 Å². The molecule has 0 saturated heterocycles. The summed E-state index contributed by atoms with van der Waals surface area (Å²) in [6.45, 7) is 4.64. The molecule has 1 amide bonds. The van der Waals surface area contributed by atoms with Crippen molar-refractivity contribution in [3.05, 3.63) is 0 Å². The Hall–Kier alpha value is -0.930. The van der Waals surface area contributed by atoms with Crippen LogP contribution in [0.5, 0.6) is 0 Å². The topological polar surface area (TPSA) is 130 Å². The summed E-state index contributed by atoms with van der Waals surface area (Å²) >= 11 is 5.54. The number of hydrogen-bond donors (Lipinski definition) is 5. The van der Waals surface area contributed by atoms with E-state index in [9.17, 15) is 14.4 Å². The molecule has 0 rings (SSSR count). The Morgan fingerprint density at radius 1 is 1.29 bits per heavy atom. The minimum Gasteiger partial charge on any atom is -0.480 e. The summed E-state index contributed by atoms with van der Waals surface area (Å²) in [4.78, 5) is 31.2. The van der Waals surface area contributed by atoms with Gasteiger partial charge in [-0.3, -0.25) is 9.59 Å². The van der Waals surface area contributed by atoms with Crippen LogP contribution in [0, 0.1) is 0 Å². The number of hydrogen-bond acceptors (Lipinski definition) is 6. The van der Waals surface area contributed by atoms with Gasteiger partial charge in [0.1, 0.15) is 12.1 Å². The van der Waals surface area contributed by atoms with Crippen molar-refractivity contribution in [2.24, 2.45) is 5.73 Å². The van der Waals surface area contributed by atoms with E-state index in [1.807, 2.05) is 6.26 Å². The molecule has 0 spiro atoms. The summed E-state index contributed by atoms with van der Waals surface area (Å²) in [5, 5.41) is 19.3. The normalized spacial score (nSPS) is 13.4. The third-order valence-corrected chi connectivity index (χ3v) is 3.24. The number of carboxylic acid groups (broad SMARTS) is 2. The van der Waals surface area contributed by atoms with E-state index in [-0.39, 0.29) is 5.91 Å². The third-order valence-electron chi connectivity index (χ3n) is 2.31. The highest BCUT2D eigenvalue weighted by Crippen LogP contribution is 2.15. The lowest BCUT2D eigenvalue weighted by Crippen LogP contribution is -2.45. The zero-order valence-electron chi connectivity index (χ0n) is 12.6. The predicted molar refractivity (Wildman–Crippen MR) is 86.9 cm³/mol. The number of amides is 1. The van der Waals surface area contributed by atoms with Crippen molar-refractivity contribution in [2.45, 2.75) is 44.0 Å². The van der Waals surface area contributed by atoms with Gasteiger partial charge in [-0.25, -0.2) is 4.79 Å². The fourth-order valence-electron chi connectivity index (χ4n) is 1.04. The molecule has 0 aromatic carbocycles. The lowest BCUT2D eigenvalue weighted by atomic mass is 10.1. The van der Waals surface area contributed by atoms with Gasteiger partial charge in [0, 0.05) is 11.7 Å². The Morgan fingerprint density at radius 3 is 1.95 bits per heavy atom. The van der Waals surface area contributed by atoms with Crippen LogP contribution in [0.25, 0.3) is 0 Å². The van der Waals surface area contributed by atoms with Crippen molar-refractivity contribution < 1.29 is 24.6 Å². The second-order valence-corrected chi connectivity index (χ2v) is 6.98. The molecule has 0 aliphatic heterocycles. The van der Waals surface area contributed by atoms with Crippen LogP contribution < -0.4 is 11.1 Å². The summed E-state index contributed by atoms with van der Waals surface area (Å²) in [7, 11) is 0. The summed E-state index contributed by atoms with van der Waals surface area (Å²) in [6, 6.07) is -1.64. The van der Waals surface area contributed by atoms with Crippen LogP contribution in [0.15, 0.2) is 0 Å². The van der Waals surface area contributed by atoms with Gasteiger partial charge in [-0.15, -0.1) is 0 Å². The Balaban J connectivity index is 0. The standard InChI is InChI=1S/C7H13NO3S.C5H11NO2S/c1-5(9)8-6(7(10)11)3-4-12-2;1-5(2,9)3(6)4(7)8/h6H,3-4H2,1-2H3,(H,8,9)(H,10,11);3,9H,6H2,1-2H3,(H,7,8)/t;3-/m.0/s1. The van der Waals surface area contributed by atoms with E-state index in [1.54, 1.807) is 25.6 Å². The maximum absolute atomic E-state index is 10.5. The molecule has 21 heavy (non-hydrogen) atoms. The highest BCUT2D eigenvalue weighted by molar-refractivity contribution is 7.98. The first-order chi connectivity index (χ1) is 9.43. The molecule has 5 N–H and O–H groups in total. The van der Waals surface area contributed by atoms with Crippen molar-refractivity contribution in [1.29, 1.82) is 0 Å². The minimum atomic E-state index is -1.02. The van der Waals surface area contributed by atoms with Gasteiger partial charge in [0.25, 0.3) is 0 Å². The number of carbonyl (C=O) groups is 3. The van der Waals surface area contributed by atoms with E-state index in [0.29, 0.717) is 6.42 Å². The Morgan fingerprint density at radius 2 is 1.76 bits per heavy atom. The number of carbonyl (C=O) groups excluding carboxylic acids is 1. The number of aliphatic carboxylic acids is 2. The van der Waals surface area contributed by atoms with Crippen molar-refractivity contribution in [1.82, 2.24) is 5.32 Å². The second-order valence-electron chi connectivity index (χ2n) is 4.84. The SMILES string of the molecule is CC(C)(S)[C@@H](N)C(=O)O.CSCCC(NC(C)=O)C(=O)O. The zero-order chi connectivity index (χ0) is 17.2. The second kappa shape index (κ2) is 10.7. The number of rotatable bonds is 7. The van der Waals surface area contributed by atoms with E-state index >= 15 is 0 Å². The molecule has 2 atom stereocenters. The number of thiol groups is 1. The lowest BCUT2D eigenvalue weighted by molar-refractivity contribution is -0.141. The first-order valence-corrected chi connectivity index (χ1v) is 7.97. The van der Waals surface area contributed by atoms with Crippen molar-refractivity contribution >= 4 is 42.2 Å². The first-order valence-electron chi connectivity index (χ1n) is 6.13. The third kappa shape index (κ3) is 12.5. The van der Waals surface area contributed by atoms with Crippen molar-refractivity contribution in [3.63, 3.8) is 0 Å². The molecule has 1 unspecified atom stereocenters. The summed E-state index contributed by atoms with van der Waals surface area (Å²) in [5.41, 5.74) is 5.22. The van der Waals surface area contributed by atoms with Gasteiger partial charge < -0.3 is 21.3 Å². The quantitative estimate of drug-likeness (QED) is 0.425. The maximum Gasteiger partial charge on any atom is 0.326 e. The average Bonchev–Trinajstić information content (AvgIpc) is 2.32. The van der Waals surface area contributed by atoms with Crippen LogP contribution in [0.3, 0.4) is 0 Å². The summed E-state index contributed by atoms with van der Waals surface area (Å²) in [5.74, 6) is -1.56. The smallest absolute Gasteiger partial charge is 0.326 e. The molecular formula is C12H24N2O5S2. The van der Waals surface area contributed by atoms with Crippen molar-refractivity contribution in [2.75, 3.05) is 12.0 Å². The van der Waals surface area contributed by atoms with Gasteiger partial charge in [-0.1, -0.05) is 0 Å². The maximum atomic E-state index is 10.5. The van der Waals surface area contributed by atoms with Crippen LogP contribution in [0.2, 0.25) is 0 Å². The van der Waals surface area contributed by atoms with E-state index in [2.05, 4.69) is 17.9 Å². The molecule has 124 valence electrons. The van der Waals surface area contributed by atoms with Gasteiger partial charge in [-0.05, 0) is 32.3 Å². The van der Waals surface area contributed by atoms with Crippen LogP contribution in [0.1, 0.15) is 27.2 Å². The number of nitrogens with two attached hydrogens (primary N) is 1. The van der Waals surface area contributed by atoms with Crippen molar-refractivity contribution in [3.8, 4) is 0 Å². The molecule has 7 nitrogen and oxygen atoms in total. The summed E-state index contributed by atoms with van der Waals surface area (Å²) in [6.07, 6.45) is 2.36. The van der Waals surface area contributed by atoms with Gasteiger partial charge in [-0.2, -0.15) is 24.4 Å². The van der Waals surface area contributed by atoms with Gasteiger partial charge in [0.15, 0.2) is 0 Å². The molecule has 0 bridgehead atoms. The average molecular weight is 340 g/mol. The fraction of sp³-hybridized carbons (Fsp3) is 0.750. The first kappa shape index (κ1) is 22.4. The molecule has 0 aromatic rings. The predicted octanol–water partition coefficient (Wildman–Crippen LogP) is 0.436. The molecule has 0 saturated carbocycles. The van der Waals surface area contributed by atoms with E-state index in [0.717, 1.165) is 5.75 Å². The van der Waals surface area contributed by atoms with Crippen LogP contribution in [-0.4, -0.2) is 56.9 Å². The van der Waals surface area contributed by atoms with Crippen LogP contribution in [0.4, 0.5) is 0 Å². The molecule has 0 aliphatic carbocycles. The van der Waals surface area contributed by atoms with Crippen LogP contribution >= 0.6 is 24.4 Å². The molecule has 9 heteroatoms. The molecule has 0 radical (unpaired) electrons. The molecular weight excluding hydrogens is 316 g/mol. The Bertz CT molecular complexity index is 358. The Kier molecular flexibility index (Phi) is 11.4. The van der Waals surface area contributed by atoms with Crippen LogP contribution in [-0.2, 0) is 14.4 Å². The van der Waals surface area contributed by atoms with Gasteiger partial charge in [0.2, 0.25) is 5.91 Å². The highest BCUT2D eigenvalue weighted by Gasteiger charge is 2.27. The highest BCUT2D eigenvalue weighted by atomic mass is 32.2. The Labute approximate surface area is 134 Å². The summed E-state index contributed by atoms with van der Waals surface area (Å²) < 4.78 is -0.647. The fourth-order valence-corrected chi connectivity index (χ4v) is 1.62. The zero-order valence-corrected chi connectivity index (χ0v) is 14.3. The molecule has 0 fully saturated rings. The van der Waals surface area contributed by atoms with E-state index in [4.69, 9.17) is 15.9 Å².